The summed E-state index contributed by atoms with van der Waals surface area (Å²) in [5, 5.41) is 3.50. The molecule has 3 fully saturated rings. The second kappa shape index (κ2) is 6.40. The molecule has 1 saturated carbocycles. The van der Waals surface area contributed by atoms with E-state index in [0.29, 0.717) is 17.7 Å². The minimum absolute atomic E-state index is 0.104. The molecule has 130 valence electrons. The lowest BCUT2D eigenvalue weighted by atomic mass is 9.67. The Morgan fingerprint density at radius 2 is 2.08 bits per heavy atom. The van der Waals surface area contributed by atoms with Crippen molar-refractivity contribution in [3.8, 4) is 5.75 Å². The zero-order valence-electron chi connectivity index (χ0n) is 14.6. The molecule has 24 heavy (non-hydrogen) atoms. The average molecular weight is 328 g/mol. The van der Waals surface area contributed by atoms with Crippen LogP contribution in [0.1, 0.15) is 43.6 Å². The van der Waals surface area contributed by atoms with Crippen molar-refractivity contribution in [2.24, 2.45) is 11.3 Å². The van der Waals surface area contributed by atoms with Crippen LogP contribution in [0.25, 0.3) is 0 Å². The molecule has 1 aliphatic carbocycles. The van der Waals surface area contributed by atoms with Crippen LogP contribution >= 0.6 is 0 Å². The monoisotopic (exact) mass is 328 g/mol. The zero-order chi connectivity index (χ0) is 16.6. The molecule has 1 aromatic carbocycles. The van der Waals surface area contributed by atoms with E-state index in [-0.39, 0.29) is 5.41 Å². The van der Waals surface area contributed by atoms with Crippen molar-refractivity contribution < 1.29 is 9.53 Å². The van der Waals surface area contributed by atoms with Gasteiger partial charge in [0, 0.05) is 25.6 Å². The standard InChI is InChI=1S/C20H28N2O2/c1-24-18-7-5-15(6-8-18)16-9-11-22(13-16)19(23)20-10-3-2-4-17(20)12-21-14-20/h5-8,16-17,21H,2-4,9-14H2,1H3/t16?,17-,20+/m0/s1. The predicted octanol–water partition coefficient (Wildman–Crippen LogP) is 2.79. The van der Waals surface area contributed by atoms with Gasteiger partial charge in [-0.25, -0.2) is 0 Å². The Morgan fingerprint density at radius 1 is 1.25 bits per heavy atom. The number of amides is 1. The van der Waals surface area contributed by atoms with Crippen LogP contribution in [0.2, 0.25) is 0 Å². The first-order valence-electron chi connectivity index (χ1n) is 9.37. The number of rotatable bonds is 3. The molecule has 0 bridgehead atoms. The number of carbonyl (C=O) groups is 1. The normalized spacial score (nSPS) is 32.6. The molecule has 4 rings (SSSR count). The van der Waals surface area contributed by atoms with E-state index >= 15 is 0 Å². The fourth-order valence-electron chi connectivity index (χ4n) is 5.08. The van der Waals surface area contributed by atoms with Crippen molar-refractivity contribution in [1.82, 2.24) is 10.2 Å². The van der Waals surface area contributed by atoms with Crippen LogP contribution in [0.15, 0.2) is 24.3 Å². The van der Waals surface area contributed by atoms with E-state index in [4.69, 9.17) is 4.74 Å². The minimum atomic E-state index is -0.104. The van der Waals surface area contributed by atoms with Gasteiger partial charge in [-0.15, -0.1) is 0 Å². The van der Waals surface area contributed by atoms with Gasteiger partial charge in [-0.1, -0.05) is 25.0 Å². The summed E-state index contributed by atoms with van der Waals surface area (Å²) >= 11 is 0. The Labute approximate surface area is 144 Å². The highest BCUT2D eigenvalue weighted by molar-refractivity contribution is 5.84. The van der Waals surface area contributed by atoms with Gasteiger partial charge in [0.05, 0.1) is 12.5 Å². The van der Waals surface area contributed by atoms with E-state index < -0.39 is 0 Å². The minimum Gasteiger partial charge on any atom is -0.497 e. The number of nitrogens with one attached hydrogen (secondary N) is 1. The summed E-state index contributed by atoms with van der Waals surface area (Å²) in [6.07, 6.45) is 5.86. The molecule has 3 atom stereocenters. The number of likely N-dealkylation sites (tertiary alicyclic amines) is 1. The van der Waals surface area contributed by atoms with Gasteiger partial charge in [0.15, 0.2) is 0 Å². The van der Waals surface area contributed by atoms with Gasteiger partial charge in [0.25, 0.3) is 0 Å². The molecule has 1 N–H and O–H groups in total. The first kappa shape index (κ1) is 15.9. The van der Waals surface area contributed by atoms with Crippen molar-refractivity contribution in [3.05, 3.63) is 29.8 Å². The number of benzene rings is 1. The van der Waals surface area contributed by atoms with E-state index in [1.807, 2.05) is 12.1 Å². The third-order valence-electron chi connectivity index (χ3n) is 6.53. The molecule has 0 radical (unpaired) electrons. The van der Waals surface area contributed by atoms with E-state index in [0.717, 1.165) is 44.8 Å². The SMILES string of the molecule is COc1ccc(C2CCN(C(=O)[C@@]34CCCC[C@H]3CNC4)C2)cc1. The zero-order valence-corrected chi connectivity index (χ0v) is 14.6. The summed E-state index contributed by atoms with van der Waals surface area (Å²) in [4.78, 5) is 15.5. The fourth-order valence-corrected chi connectivity index (χ4v) is 5.08. The van der Waals surface area contributed by atoms with Gasteiger partial charge in [-0.2, -0.15) is 0 Å². The van der Waals surface area contributed by atoms with Crippen LogP contribution in [-0.4, -0.2) is 44.1 Å². The number of hydrogen-bond acceptors (Lipinski definition) is 3. The number of fused-ring (bicyclic) bond motifs is 1. The summed E-state index contributed by atoms with van der Waals surface area (Å²) in [6.45, 7) is 3.70. The van der Waals surface area contributed by atoms with E-state index in [1.165, 1.54) is 24.8 Å². The number of ether oxygens (including phenoxy) is 1. The Bertz CT molecular complexity index is 600. The van der Waals surface area contributed by atoms with Crippen LogP contribution in [0, 0.1) is 11.3 Å². The maximum absolute atomic E-state index is 13.3. The van der Waals surface area contributed by atoms with Crippen molar-refractivity contribution in [1.29, 1.82) is 0 Å². The van der Waals surface area contributed by atoms with Crippen LogP contribution in [0.5, 0.6) is 5.75 Å². The van der Waals surface area contributed by atoms with E-state index in [2.05, 4.69) is 22.3 Å². The van der Waals surface area contributed by atoms with Gasteiger partial charge < -0.3 is 15.0 Å². The van der Waals surface area contributed by atoms with Crippen LogP contribution in [-0.2, 0) is 4.79 Å². The number of nitrogens with zero attached hydrogens (tertiary/aromatic N) is 1. The lowest BCUT2D eigenvalue weighted by Gasteiger charge is -2.39. The molecular formula is C20H28N2O2. The van der Waals surface area contributed by atoms with Gasteiger partial charge in [0.2, 0.25) is 5.91 Å². The fraction of sp³-hybridized carbons (Fsp3) is 0.650. The lowest BCUT2D eigenvalue weighted by Crippen LogP contribution is -2.49. The summed E-state index contributed by atoms with van der Waals surface area (Å²) in [7, 11) is 1.69. The van der Waals surface area contributed by atoms with Crippen molar-refractivity contribution in [3.63, 3.8) is 0 Å². The highest BCUT2D eigenvalue weighted by Crippen LogP contribution is 2.46. The molecule has 2 heterocycles. The molecule has 0 aromatic heterocycles. The van der Waals surface area contributed by atoms with Gasteiger partial charge in [-0.05, 0) is 49.4 Å². The quantitative estimate of drug-likeness (QED) is 0.928. The largest absolute Gasteiger partial charge is 0.497 e. The summed E-state index contributed by atoms with van der Waals surface area (Å²) < 4.78 is 5.25. The predicted molar refractivity (Wildman–Crippen MR) is 94.2 cm³/mol. The van der Waals surface area contributed by atoms with Gasteiger partial charge >= 0.3 is 0 Å². The molecule has 1 amide bonds. The molecule has 4 heteroatoms. The first-order valence-corrected chi connectivity index (χ1v) is 9.37. The second-order valence-corrected chi connectivity index (χ2v) is 7.74. The molecule has 3 aliphatic rings. The maximum atomic E-state index is 13.3. The third kappa shape index (κ3) is 2.61. The summed E-state index contributed by atoms with van der Waals surface area (Å²) in [5.41, 5.74) is 1.22. The summed E-state index contributed by atoms with van der Waals surface area (Å²) in [6, 6.07) is 8.35. The van der Waals surface area contributed by atoms with Crippen molar-refractivity contribution in [2.75, 3.05) is 33.3 Å². The highest BCUT2D eigenvalue weighted by Gasteiger charge is 2.52. The van der Waals surface area contributed by atoms with E-state index in [9.17, 15) is 4.79 Å². The molecule has 0 spiro atoms. The number of hydrogen-bond donors (Lipinski definition) is 1. The van der Waals surface area contributed by atoms with Gasteiger partial charge in [0.1, 0.15) is 5.75 Å². The smallest absolute Gasteiger partial charge is 0.230 e. The Hall–Kier alpha value is -1.55. The maximum Gasteiger partial charge on any atom is 0.230 e. The first-order chi connectivity index (χ1) is 11.7. The van der Waals surface area contributed by atoms with E-state index in [1.54, 1.807) is 7.11 Å². The molecule has 1 aromatic rings. The average Bonchev–Trinajstić information content (AvgIpc) is 3.29. The molecule has 4 nitrogen and oxygen atoms in total. The molecule has 1 unspecified atom stereocenters. The number of methoxy groups -OCH3 is 1. The molecular weight excluding hydrogens is 300 g/mol. The van der Waals surface area contributed by atoms with Gasteiger partial charge in [-0.3, -0.25) is 4.79 Å². The second-order valence-electron chi connectivity index (χ2n) is 7.74. The number of carbonyl (C=O) groups excluding carboxylic acids is 1. The third-order valence-corrected chi connectivity index (χ3v) is 6.53. The Kier molecular flexibility index (Phi) is 4.25. The Balaban J connectivity index is 1.46. The van der Waals surface area contributed by atoms with Crippen molar-refractivity contribution in [2.45, 2.75) is 38.0 Å². The van der Waals surface area contributed by atoms with Crippen LogP contribution in [0.4, 0.5) is 0 Å². The topological polar surface area (TPSA) is 41.6 Å². The van der Waals surface area contributed by atoms with Crippen LogP contribution < -0.4 is 10.1 Å². The highest BCUT2D eigenvalue weighted by atomic mass is 16.5. The summed E-state index contributed by atoms with van der Waals surface area (Å²) in [5.74, 6) is 2.34. The molecule has 2 saturated heterocycles. The van der Waals surface area contributed by atoms with Crippen LogP contribution in [0.3, 0.4) is 0 Å². The van der Waals surface area contributed by atoms with Crippen molar-refractivity contribution >= 4 is 5.91 Å². The Morgan fingerprint density at radius 3 is 2.88 bits per heavy atom. The lowest BCUT2D eigenvalue weighted by molar-refractivity contribution is -0.144. The molecule has 2 aliphatic heterocycles.